The first-order valence-electron chi connectivity index (χ1n) is 5.22. The van der Waals surface area contributed by atoms with E-state index >= 15 is 0 Å². The average Bonchev–Trinajstić information content (AvgIpc) is 2.38. The Kier molecular flexibility index (Phi) is 3.62. The molecule has 0 saturated carbocycles. The van der Waals surface area contributed by atoms with Crippen molar-refractivity contribution in [2.45, 2.75) is 0 Å². The Balaban J connectivity index is 2.06. The highest BCUT2D eigenvalue weighted by atomic mass is 16.2. The van der Waals surface area contributed by atoms with E-state index < -0.39 is 17.2 Å². The number of aromatic nitrogens is 3. The van der Waals surface area contributed by atoms with Crippen LogP contribution in [0.4, 0.5) is 0 Å². The maximum atomic E-state index is 11.6. The molecule has 0 unspecified atom stereocenters. The molecule has 0 spiro atoms. The molecule has 96 valence electrons. The van der Waals surface area contributed by atoms with Gasteiger partial charge in [0.15, 0.2) is 0 Å². The molecule has 0 aliphatic rings. The molecule has 0 saturated heterocycles. The molecule has 0 aliphatic carbocycles. The van der Waals surface area contributed by atoms with Gasteiger partial charge in [-0.2, -0.15) is 5.10 Å². The van der Waals surface area contributed by atoms with E-state index in [4.69, 9.17) is 0 Å². The molecule has 2 heterocycles. The second-order valence-electron chi connectivity index (χ2n) is 3.48. The van der Waals surface area contributed by atoms with Gasteiger partial charge in [0.2, 0.25) is 0 Å². The monoisotopic (exact) mass is 259 g/mol. The van der Waals surface area contributed by atoms with Crippen LogP contribution in [0.5, 0.6) is 0 Å². The van der Waals surface area contributed by atoms with Gasteiger partial charge in [0.25, 0.3) is 11.5 Å². The molecule has 2 rings (SSSR count). The number of aromatic amines is 2. The van der Waals surface area contributed by atoms with Crippen LogP contribution in [0.2, 0.25) is 0 Å². The Labute approximate surface area is 106 Å². The SMILES string of the molecule is O=C(N/N=C/c1cc(=O)[nH]c(=O)[nH]1)c1ccncc1. The van der Waals surface area contributed by atoms with E-state index in [1.165, 1.54) is 24.5 Å². The molecule has 0 aromatic carbocycles. The van der Waals surface area contributed by atoms with E-state index in [9.17, 15) is 14.4 Å². The molecule has 0 atom stereocenters. The zero-order chi connectivity index (χ0) is 13.7. The molecule has 8 heteroatoms. The Morgan fingerprint density at radius 3 is 2.68 bits per heavy atom. The minimum Gasteiger partial charge on any atom is -0.306 e. The molecule has 0 aliphatic heterocycles. The van der Waals surface area contributed by atoms with Crippen molar-refractivity contribution in [3.05, 3.63) is 62.7 Å². The van der Waals surface area contributed by atoms with Crippen molar-refractivity contribution < 1.29 is 4.79 Å². The number of hydrazone groups is 1. The Hall–Kier alpha value is -3.03. The lowest BCUT2D eigenvalue weighted by Gasteiger charge is -1.98. The van der Waals surface area contributed by atoms with E-state index in [0.717, 1.165) is 12.3 Å². The molecular formula is C11H9N5O3. The quantitative estimate of drug-likeness (QED) is 0.494. The standard InChI is InChI=1S/C11H9N5O3/c17-9-5-8(14-11(19)15-9)6-13-16-10(18)7-1-3-12-4-2-7/h1-6H,(H,16,18)(H2,14,15,17,19)/b13-6+. The summed E-state index contributed by atoms with van der Waals surface area (Å²) in [5.74, 6) is -0.425. The molecule has 1 amide bonds. The summed E-state index contributed by atoms with van der Waals surface area (Å²) in [6, 6.07) is 4.20. The number of H-pyrrole nitrogens is 2. The number of carbonyl (C=O) groups is 1. The van der Waals surface area contributed by atoms with Crippen molar-refractivity contribution in [1.29, 1.82) is 0 Å². The van der Waals surface area contributed by atoms with E-state index in [0.29, 0.717) is 5.56 Å². The van der Waals surface area contributed by atoms with E-state index in [1.807, 2.05) is 4.98 Å². The number of hydrogen-bond donors (Lipinski definition) is 3. The van der Waals surface area contributed by atoms with Gasteiger partial charge in [-0.15, -0.1) is 0 Å². The van der Waals surface area contributed by atoms with Gasteiger partial charge in [-0.05, 0) is 12.1 Å². The van der Waals surface area contributed by atoms with E-state index in [2.05, 4.69) is 20.5 Å². The lowest BCUT2D eigenvalue weighted by molar-refractivity contribution is 0.0955. The first kappa shape index (κ1) is 12.4. The van der Waals surface area contributed by atoms with Gasteiger partial charge in [0.1, 0.15) is 0 Å². The van der Waals surface area contributed by atoms with Gasteiger partial charge in [0.05, 0.1) is 11.9 Å². The molecule has 2 aromatic heterocycles. The van der Waals surface area contributed by atoms with Crippen molar-refractivity contribution in [2.75, 3.05) is 0 Å². The predicted octanol–water partition coefficient (Wildman–Crippen LogP) is -0.778. The summed E-state index contributed by atoms with van der Waals surface area (Å²) in [5, 5.41) is 3.63. The lowest BCUT2D eigenvalue weighted by atomic mass is 10.3. The molecular weight excluding hydrogens is 250 g/mol. The Bertz CT molecular complexity index is 689. The van der Waals surface area contributed by atoms with Crippen LogP contribution >= 0.6 is 0 Å². The molecule has 2 aromatic rings. The van der Waals surface area contributed by atoms with Crippen LogP contribution < -0.4 is 16.7 Å². The van der Waals surface area contributed by atoms with Gasteiger partial charge >= 0.3 is 5.69 Å². The van der Waals surface area contributed by atoms with Crippen LogP contribution in [0.25, 0.3) is 0 Å². The van der Waals surface area contributed by atoms with Crippen LogP contribution in [-0.4, -0.2) is 27.1 Å². The van der Waals surface area contributed by atoms with E-state index in [-0.39, 0.29) is 5.69 Å². The zero-order valence-electron chi connectivity index (χ0n) is 9.58. The first-order chi connectivity index (χ1) is 9.15. The first-order valence-corrected chi connectivity index (χ1v) is 5.22. The maximum Gasteiger partial charge on any atom is 0.326 e. The number of hydrogen-bond acceptors (Lipinski definition) is 5. The minimum atomic E-state index is -0.644. The van der Waals surface area contributed by atoms with Crippen molar-refractivity contribution in [1.82, 2.24) is 20.4 Å². The summed E-state index contributed by atoms with van der Waals surface area (Å²) in [6.45, 7) is 0. The summed E-state index contributed by atoms with van der Waals surface area (Å²) in [7, 11) is 0. The van der Waals surface area contributed by atoms with Crippen LogP contribution in [0, 0.1) is 0 Å². The third-order valence-corrected chi connectivity index (χ3v) is 2.09. The fourth-order valence-corrected chi connectivity index (χ4v) is 1.29. The van der Waals surface area contributed by atoms with Crippen LogP contribution in [0.15, 0.2) is 45.3 Å². The largest absolute Gasteiger partial charge is 0.326 e. The predicted molar refractivity (Wildman–Crippen MR) is 67.0 cm³/mol. The highest BCUT2D eigenvalue weighted by Crippen LogP contribution is 1.94. The number of amides is 1. The van der Waals surface area contributed by atoms with Crippen molar-refractivity contribution in [2.24, 2.45) is 5.10 Å². The zero-order valence-corrected chi connectivity index (χ0v) is 9.58. The normalized spacial score (nSPS) is 10.5. The Morgan fingerprint density at radius 1 is 1.26 bits per heavy atom. The molecule has 0 fully saturated rings. The number of carbonyl (C=O) groups excluding carboxylic acids is 1. The molecule has 8 nitrogen and oxygen atoms in total. The molecule has 0 bridgehead atoms. The summed E-state index contributed by atoms with van der Waals surface area (Å²) in [4.78, 5) is 41.7. The van der Waals surface area contributed by atoms with Gasteiger partial charge in [0, 0.05) is 24.0 Å². The smallest absolute Gasteiger partial charge is 0.306 e. The van der Waals surface area contributed by atoms with Gasteiger partial charge in [-0.25, -0.2) is 10.2 Å². The molecule has 19 heavy (non-hydrogen) atoms. The summed E-state index contributed by atoms with van der Waals surface area (Å²) >= 11 is 0. The van der Waals surface area contributed by atoms with Crippen LogP contribution in [-0.2, 0) is 0 Å². The highest BCUT2D eigenvalue weighted by molar-refractivity contribution is 5.94. The topological polar surface area (TPSA) is 120 Å². The summed E-state index contributed by atoms with van der Waals surface area (Å²) in [5.41, 5.74) is 1.64. The van der Waals surface area contributed by atoms with Crippen LogP contribution in [0.3, 0.4) is 0 Å². The number of nitrogens with zero attached hydrogens (tertiary/aromatic N) is 2. The van der Waals surface area contributed by atoms with E-state index in [1.54, 1.807) is 0 Å². The van der Waals surface area contributed by atoms with Gasteiger partial charge < -0.3 is 4.98 Å². The number of rotatable bonds is 3. The summed E-state index contributed by atoms with van der Waals surface area (Å²) < 4.78 is 0. The van der Waals surface area contributed by atoms with Gasteiger partial charge in [-0.1, -0.05) is 0 Å². The molecule has 3 N–H and O–H groups in total. The third-order valence-electron chi connectivity index (χ3n) is 2.09. The van der Waals surface area contributed by atoms with Crippen molar-refractivity contribution in [3.63, 3.8) is 0 Å². The fourth-order valence-electron chi connectivity index (χ4n) is 1.29. The van der Waals surface area contributed by atoms with Gasteiger partial charge in [-0.3, -0.25) is 19.6 Å². The lowest BCUT2D eigenvalue weighted by Crippen LogP contribution is -2.23. The van der Waals surface area contributed by atoms with Crippen molar-refractivity contribution >= 4 is 12.1 Å². The minimum absolute atomic E-state index is 0.184. The second kappa shape index (κ2) is 5.54. The number of pyridine rings is 1. The number of nitrogens with one attached hydrogen (secondary N) is 3. The Morgan fingerprint density at radius 2 is 2.00 bits per heavy atom. The maximum absolute atomic E-state index is 11.6. The fraction of sp³-hybridized carbons (Fsp3) is 0. The summed E-state index contributed by atoms with van der Waals surface area (Å²) in [6.07, 6.45) is 4.12. The third kappa shape index (κ3) is 3.46. The van der Waals surface area contributed by atoms with Crippen molar-refractivity contribution in [3.8, 4) is 0 Å². The van der Waals surface area contributed by atoms with Crippen LogP contribution in [0.1, 0.15) is 16.1 Å². The average molecular weight is 259 g/mol. The molecule has 0 radical (unpaired) electrons. The second-order valence-corrected chi connectivity index (χ2v) is 3.48. The highest BCUT2D eigenvalue weighted by Gasteiger charge is 2.01.